The lowest BCUT2D eigenvalue weighted by atomic mass is 10.2. The number of hydrogen-bond donors (Lipinski definition) is 1. The molecule has 0 saturated heterocycles. The van der Waals surface area contributed by atoms with Gasteiger partial charge in [-0.3, -0.25) is 0 Å². The minimum Gasteiger partial charge on any atom is -0.481 e. The first-order valence-corrected chi connectivity index (χ1v) is 6.35. The number of hydrogen-bond acceptors (Lipinski definition) is 5. The van der Waals surface area contributed by atoms with Crippen LogP contribution >= 0.6 is 11.6 Å². The highest BCUT2D eigenvalue weighted by molar-refractivity contribution is 6.29. The predicted molar refractivity (Wildman–Crippen MR) is 74.5 cm³/mol. The lowest BCUT2D eigenvalue weighted by molar-refractivity contribution is 0.397. The number of nitrogens with one attached hydrogen (secondary N) is 1. The molecular formula is C13H15ClN4O. The molecule has 0 aromatic carbocycles. The molecule has 0 aliphatic rings. The summed E-state index contributed by atoms with van der Waals surface area (Å²) in [6, 6.07) is 5.49. The average molecular weight is 279 g/mol. The van der Waals surface area contributed by atoms with Gasteiger partial charge >= 0.3 is 0 Å². The maximum atomic E-state index is 5.94. The molecule has 0 aliphatic heterocycles. The molecule has 19 heavy (non-hydrogen) atoms. The molecule has 0 bridgehead atoms. The maximum absolute atomic E-state index is 5.94. The van der Waals surface area contributed by atoms with E-state index in [1.165, 1.54) is 0 Å². The van der Waals surface area contributed by atoms with Gasteiger partial charge in [-0.15, -0.1) is 0 Å². The highest BCUT2D eigenvalue weighted by atomic mass is 35.5. The summed E-state index contributed by atoms with van der Waals surface area (Å²) in [6.07, 6.45) is 2.46. The van der Waals surface area contributed by atoms with Crippen molar-refractivity contribution in [2.75, 3.05) is 12.4 Å². The normalized spacial score (nSPS) is 10.3. The Morgan fingerprint density at radius 3 is 2.89 bits per heavy atom. The zero-order valence-electron chi connectivity index (χ0n) is 10.9. The Kier molecular flexibility index (Phi) is 4.52. The Hall–Kier alpha value is -1.88. The van der Waals surface area contributed by atoms with Crippen LogP contribution in [-0.2, 0) is 13.0 Å². The van der Waals surface area contributed by atoms with Crippen LogP contribution in [0.2, 0.25) is 5.15 Å². The molecule has 6 heteroatoms. The minimum absolute atomic E-state index is 0.446. The Morgan fingerprint density at radius 1 is 1.32 bits per heavy atom. The van der Waals surface area contributed by atoms with E-state index in [4.69, 9.17) is 16.3 Å². The van der Waals surface area contributed by atoms with E-state index in [1.54, 1.807) is 19.4 Å². The van der Waals surface area contributed by atoms with Gasteiger partial charge < -0.3 is 10.1 Å². The monoisotopic (exact) mass is 278 g/mol. The Labute approximate surface area is 117 Å². The van der Waals surface area contributed by atoms with E-state index in [-0.39, 0.29) is 0 Å². The number of anilines is 1. The number of nitrogens with zero attached hydrogens (tertiary/aromatic N) is 3. The van der Waals surface area contributed by atoms with Crippen molar-refractivity contribution in [3.63, 3.8) is 0 Å². The first kappa shape index (κ1) is 13.5. The number of pyridine rings is 1. The molecule has 100 valence electrons. The third-order valence-electron chi connectivity index (χ3n) is 2.54. The highest BCUT2D eigenvalue weighted by Gasteiger charge is 2.02. The molecule has 2 heterocycles. The number of ether oxygens (including phenoxy) is 1. The van der Waals surface area contributed by atoms with Gasteiger partial charge in [-0.2, -0.15) is 0 Å². The SMILES string of the molecule is CCc1nc(Cl)cc(NCc2ccnc(OC)c2)n1. The first-order chi connectivity index (χ1) is 9.21. The second-order valence-corrected chi connectivity index (χ2v) is 4.29. The molecule has 0 fully saturated rings. The van der Waals surface area contributed by atoms with Crippen molar-refractivity contribution in [2.24, 2.45) is 0 Å². The van der Waals surface area contributed by atoms with E-state index >= 15 is 0 Å². The predicted octanol–water partition coefficient (Wildman–Crippen LogP) is 2.71. The van der Waals surface area contributed by atoms with E-state index in [1.807, 2.05) is 19.1 Å². The van der Waals surface area contributed by atoms with Gasteiger partial charge in [0.25, 0.3) is 0 Å². The Morgan fingerprint density at radius 2 is 2.16 bits per heavy atom. The van der Waals surface area contributed by atoms with Crippen molar-refractivity contribution in [1.82, 2.24) is 15.0 Å². The molecule has 2 rings (SSSR count). The summed E-state index contributed by atoms with van der Waals surface area (Å²) < 4.78 is 5.08. The van der Waals surface area contributed by atoms with Gasteiger partial charge in [-0.25, -0.2) is 15.0 Å². The standard InChI is InChI=1S/C13H15ClN4O/c1-3-11-17-10(14)7-12(18-11)16-8-9-4-5-15-13(6-9)19-2/h4-7H,3,8H2,1-2H3,(H,16,17,18). The van der Waals surface area contributed by atoms with E-state index in [0.29, 0.717) is 23.4 Å². The van der Waals surface area contributed by atoms with Gasteiger partial charge in [0.05, 0.1) is 7.11 Å². The molecule has 0 radical (unpaired) electrons. The fourth-order valence-corrected chi connectivity index (χ4v) is 1.78. The van der Waals surface area contributed by atoms with Crippen LogP contribution in [0.4, 0.5) is 5.82 Å². The first-order valence-electron chi connectivity index (χ1n) is 5.97. The van der Waals surface area contributed by atoms with E-state index in [0.717, 1.165) is 17.8 Å². The fraction of sp³-hybridized carbons (Fsp3) is 0.308. The molecular weight excluding hydrogens is 264 g/mol. The van der Waals surface area contributed by atoms with Gasteiger partial charge in [-0.1, -0.05) is 18.5 Å². The summed E-state index contributed by atoms with van der Waals surface area (Å²) in [5, 5.41) is 3.65. The quantitative estimate of drug-likeness (QED) is 0.852. The van der Waals surface area contributed by atoms with Gasteiger partial charge in [-0.05, 0) is 11.6 Å². The summed E-state index contributed by atoms with van der Waals surface area (Å²) in [4.78, 5) is 12.5. The third-order valence-corrected chi connectivity index (χ3v) is 2.73. The van der Waals surface area contributed by atoms with Crippen LogP contribution < -0.4 is 10.1 Å². The molecule has 1 N–H and O–H groups in total. The molecule has 0 spiro atoms. The van der Waals surface area contributed by atoms with Crippen molar-refractivity contribution < 1.29 is 4.74 Å². The third kappa shape index (κ3) is 3.79. The average Bonchev–Trinajstić information content (AvgIpc) is 2.44. The second-order valence-electron chi connectivity index (χ2n) is 3.91. The van der Waals surface area contributed by atoms with Crippen molar-refractivity contribution in [2.45, 2.75) is 19.9 Å². The number of aromatic nitrogens is 3. The Balaban J connectivity index is 2.07. The molecule has 0 unspecified atom stereocenters. The van der Waals surface area contributed by atoms with E-state index in [9.17, 15) is 0 Å². The van der Waals surface area contributed by atoms with Crippen LogP contribution in [0.1, 0.15) is 18.3 Å². The summed E-state index contributed by atoms with van der Waals surface area (Å²) in [5.41, 5.74) is 1.06. The van der Waals surface area contributed by atoms with Gasteiger partial charge in [0.1, 0.15) is 16.8 Å². The van der Waals surface area contributed by atoms with Crippen molar-refractivity contribution >= 4 is 17.4 Å². The van der Waals surface area contributed by atoms with Gasteiger partial charge in [0, 0.05) is 31.3 Å². The molecule has 2 aromatic heterocycles. The molecule has 0 amide bonds. The van der Waals surface area contributed by atoms with Crippen molar-refractivity contribution in [3.05, 3.63) is 40.9 Å². The second kappa shape index (κ2) is 6.33. The van der Waals surface area contributed by atoms with Gasteiger partial charge in [0.15, 0.2) is 0 Å². The summed E-state index contributed by atoms with van der Waals surface area (Å²) in [5.74, 6) is 2.03. The van der Waals surface area contributed by atoms with E-state index in [2.05, 4.69) is 20.3 Å². The van der Waals surface area contributed by atoms with Crippen molar-refractivity contribution in [3.8, 4) is 5.88 Å². The summed E-state index contributed by atoms with van der Waals surface area (Å²) in [6.45, 7) is 2.61. The van der Waals surface area contributed by atoms with E-state index < -0.39 is 0 Å². The summed E-state index contributed by atoms with van der Waals surface area (Å²) in [7, 11) is 1.59. The minimum atomic E-state index is 0.446. The molecule has 0 atom stereocenters. The lowest BCUT2D eigenvalue weighted by Gasteiger charge is -2.08. The number of halogens is 1. The Bertz CT molecular complexity index is 562. The van der Waals surface area contributed by atoms with Gasteiger partial charge in [0.2, 0.25) is 5.88 Å². The molecule has 0 saturated carbocycles. The zero-order valence-corrected chi connectivity index (χ0v) is 11.6. The fourth-order valence-electron chi connectivity index (χ4n) is 1.58. The van der Waals surface area contributed by atoms with Crippen LogP contribution in [0.3, 0.4) is 0 Å². The highest BCUT2D eigenvalue weighted by Crippen LogP contribution is 2.14. The summed E-state index contributed by atoms with van der Waals surface area (Å²) >= 11 is 5.94. The molecule has 5 nitrogen and oxygen atoms in total. The molecule has 0 aliphatic carbocycles. The number of rotatable bonds is 5. The lowest BCUT2D eigenvalue weighted by Crippen LogP contribution is -2.04. The van der Waals surface area contributed by atoms with Crippen LogP contribution in [0.25, 0.3) is 0 Å². The smallest absolute Gasteiger partial charge is 0.213 e. The van der Waals surface area contributed by atoms with Crippen LogP contribution in [0, 0.1) is 0 Å². The number of methoxy groups -OCH3 is 1. The molecule has 2 aromatic rings. The zero-order chi connectivity index (χ0) is 13.7. The van der Waals surface area contributed by atoms with Crippen LogP contribution in [0.15, 0.2) is 24.4 Å². The maximum Gasteiger partial charge on any atom is 0.213 e. The van der Waals surface area contributed by atoms with Crippen LogP contribution in [-0.4, -0.2) is 22.1 Å². The topological polar surface area (TPSA) is 59.9 Å². The largest absolute Gasteiger partial charge is 0.481 e. The van der Waals surface area contributed by atoms with Crippen molar-refractivity contribution in [1.29, 1.82) is 0 Å². The number of aryl methyl sites for hydroxylation is 1. The van der Waals surface area contributed by atoms with Crippen LogP contribution in [0.5, 0.6) is 5.88 Å².